The monoisotopic (exact) mass is 128 g/mol. The third kappa shape index (κ3) is 2.56. The van der Waals surface area contributed by atoms with E-state index in [2.05, 4.69) is 10.0 Å². The van der Waals surface area contributed by atoms with Crippen LogP contribution in [0.5, 0.6) is 0 Å². The zero-order valence-electron chi connectivity index (χ0n) is 5.11. The van der Waals surface area contributed by atoms with Crippen molar-refractivity contribution in [1.82, 2.24) is 0 Å². The first-order chi connectivity index (χ1) is 4.22. The van der Waals surface area contributed by atoms with E-state index in [1.54, 1.807) is 6.92 Å². The summed E-state index contributed by atoms with van der Waals surface area (Å²) >= 11 is 0. The van der Waals surface area contributed by atoms with Gasteiger partial charge in [0.15, 0.2) is 0 Å². The van der Waals surface area contributed by atoms with Crippen LogP contribution in [0.25, 0.3) is 10.4 Å². The van der Waals surface area contributed by atoms with Crippen LogP contribution < -0.4 is 5.73 Å². The molecular weight excluding hydrogens is 120 g/mol. The van der Waals surface area contributed by atoms with E-state index in [-0.39, 0.29) is 0 Å². The van der Waals surface area contributed by atoms with Crippen molar-refractivity contribution >= 4 is 5.91 Å². The van der Waals surface area contributed by atoms with Crippen LogP contribution in [0.2, 0.25) is 0 Å². The van der Waals surface area contributed by atoms with Gasteiger partial charge in [-0.05, 0) is 12.0 Å². The van der Waals surface area contributed by atoms with Crippen LogP contribution in [0.3, 0.4) is 0 Å². The Morgan fingerprint density at radius 3 is 2.67 bits per heavy atom. The van der Waals surface area contributed by atoms with E-state index in [0.717, 1.165) is 0 Å². The average Bonchev–Trinajstić information content (AvgIpc) is 1.82. The summed E-state index contributed by atoms with van der Waals surface area (Å²) in [6, 6.07) is -0.685. The highest BCUT2D eigenvalue weighted by molar-refractivity contribution is 5.79. The van der Waals surface area contributed by atoms with Crippen LogP contribution in [-0.4, -0.2) is 11.9 Å². The molecule has 0 rings (SSSR count). The number of rotatable bonds is 3. The normalized spacial score (nSPS) is 11.7. The molecule has 0 unspecified atom stereocenters. The second-order valence-corrected chi connectivity index (χ2v) is 1.53. The number of hydrogen-bond acceptors (Lipinski definition) is 2. The first kappa shape index (κ1) is 7.78. The van der Waals surface area contributed by atoms with Gasteiger partial charge in [0.2, 0.25) is 5.91 Å². The fourth-order valence-corrected chi connectivity index (χ4v) is 0.402. The van der Waals surface area contributed by atoms with Gasteiger partial charge in [-0.15, -0.1) is 0 Å². The summed E-state index contributed by atoms with van der Waals surface area (Å²) in [6.07, 6.45) is 0.458. The molecule has 0 aliphatic heterocycles. The van der Waals surface area contributed by atoms with E-state index >= 15 is 0 Å². The first-order valence-electron chi connectivity index (χ1n) is 2.56. The minimum atomic E-state index is -0.685. The van der Waals surface area contributed by atoms with Crippen molar-refractivity contribution in [3.05, 3.63) is 10.4 Å². The Morgan fingerprint density at radius 2 is 2.56 bits per heavy atom. The maximum absolute atomic E-state index is 10.3. The van der Waals surface area contributed by atoms with Crippen molar-refractivity contribution in [3.63, 3.8) is 0 Å². The molecule has 50 valence electrons. The van der Waals surface area contributed by atoms with Crippen molar-refractivity contribution in [3.8, 4) is 0 Å². The Morgan fingerprint density at radius 1 is 2.00 bits per heavy atom. The lowest BCUT2D eigenvalue weighted by Gasteiger charge is -1.98. The molecule has 0 heterocycles. The highest BCUT2D eigenvalue weighted by atomic mass is 16.1. The summed E-state index contributed by atoms with van der Waals surface area (Å²) in [7, 11) is 0. The van der Waals surface area contributed by atoms with Gasteiger partial charge in [0.25, 0.3) is 0 Å². The van der Waals surface area contributed by atoms with Crippen molar-refractivity contribution in [2.75, 3.05) is 0 Å². The van der Waals surface area contributed by atoms with E-state index in [1.807, 2.05) is 0 Å². The summed E-state index contributed by atoms with van der Waals surface area (Å²) in [6.45, 7) is 1.73. The molecule has 0 bridgehead atoms. The van der Waals surface area contributed by atoms with Gasteiger partial charge in [-0.2, -0.15) is 0 Å². The first-order valence-corrected chi connectivity index (χ1v) is 2.56. The lowest BCUT2D eigenvalue weighted by molar-refractivity contribution is -0.119. The predicted octanol–water partition coefficient (Wildman–Crippen LogP) is 0.561. The number of nitrogens with two attached hydrogens (primary N) is 1. The van der Waals surface area contributed by atoms with Crippen LogP contribution in [0.15, 0.2) is 5.11 Å². The largest absolute Gasteiger partial charge is 0.369 e. The van der Waals surface area contributed by atoms with Gasteiger partial charge in [-0.25, -0.2) is 0 Å². The third-order valence-electron chi connectivity index (χ3n) is 0.906. The Labute approximate surface area is 52.5 Å². The maximum atomic E-state index is 10.3. The number of primary amides is 1. The SMILES string of the molecule is CC[C@H](N=[N+]=[N-])C(N)=O. The van der Waals surface area contributed by atoms with Crippen molar-refractivity contribution in [2.24, 2.45) is 10.8 Å². The van der Waals surface area contributed by atoms with Crippen LogP contribution in [0.1, 0.15) is 13.3 Å². The molecule has 1 amide bonds. The number of carbonyl (C=O) groups excluding carboxylic acids is 1. The van der Waals surface area contributed by atoms with E-state index < -0.39 is 11.9 Å². The molecule has 0 saturated carbocycles. The smallest absolute Gasteiger partial charge is 0.226 e. The van der Waals surface area contributed by atoms with Crippen LogP contribution in [0.4, 0.5) is 0 Å². The molecule has 0 aromatic heterocycles. The standard InChI is InChI=1S/C4H8N4O/c1-2-3(4(5)9)7-8-6/h3H,2H2,1H3,(H2,5,9)/t3-/m0/s1. The lowest BCUT2D eigenvalue weighted by Crippen LogP contribution is -2.25. The highest BCUT2D eigenvalue weighted by Gasteiger charge is 2.08. The molecule has 5 heteroatoms. The molecule has 0 saturated heterocycles. The molecule has 0 aliphatic carbocycles. The van der Waals surface area contributed by atoms with Crippen LogP contribution >= 0.6 is 0 Å². The summed E-state index contributed by atoms with van der Waals surface area (Å²) in [5, 5.41) is 3.15. The summed E-state index contributed by atoms with van der Waals surface area (Å²) in [5.74, 6) is -0.574. The maximum Gasteiger partial charge on any atom is 0.226 e. The minimum Gasteiger partial charge on any atom is -0.369 e. The van der Waals surface area contributed by atoms with Gasteiger partial charge in [0.1, 0.15) is 6.04 Å². The quantitative estimate of drug-likeness (QED) is 0.335. The molecule has 1 atom stereocenters. The van der Waals surface area contributed by atoms with E-state index in [9.17, 15) is 4.79 Å². The molecule has 0 fully saturated rings. The molecule has 0 aliphatic rings. The lowest BCUT2D eigenvalue weighted by atomic mass is 10.2. The van der Waals surface area contributed by atoms with Gasteiger partial charge in [0.05, 0.1) is 0 Å². The highest BCUT2D eigenvalue weighted by Crippen LogP contribution is 1.94. The molecule has 2 N–H and O–H groups in total. The molecule has 0 aromatic rings. The number of azide groups is 1. The van der Waals surface area contributed by atoms with Crippen molar-refractivity contribution in [1.29, 1.82) is 0 Å². The molecule has 0 aromatic carbocycles. The number of amides is 1. The second-order valence-electron chi connectivity index (χ2n) is 1.53. The van der Waals surface area contributed by atoms with E-state index in [0.29, 0.717) is 6.42 Å². The predicted molar refractivity (Wildman–Crippen MR) is 32.4 cm³/mol. The van der Waals surface area contributed by atoms with E-state index in [4.69, 9.17) is 11.3 Å². The Hall–Kier alpha value is -1.22. The minimum absolute atomic E-state index is 0.458. The summed E-state index contributed by atoms with van der Waals surface area (Å²) in [4.78, 5) is 12.7. The summed E-state index contributed by atoms with van der Waals surface area (Å²) < 4.78 is 0. The topological polar surface area (TPSA) is 91.8 Å². The fourth-order valence-electron chi connectivity index (χ4n) is 0.402. The Kier molecular flexibility index (Phi) is 3.23. The van der Waals surface area contributed by atoms with Crippen LogP contribution in [-0.2, 0) is 4.79 Å². The average molecular weight is 128 g/mol. The van der Waals surface area contributed by atoms with Crippen molar-refractivity contribution in [2.45, 2.75) is 19.4 Å². The summed E-state index contributed by atoms with van der Waals surface area (Å²) in [5.41, 5.74) is 12.7. The molecule has 5 nitrogen and oxygen atoms in total. The molecule has 0 radical (unpaired) electrons. The number of hydrogen-bond donors (Lipinski definition) is 1. The third-order valence-corrected chi connectivity index (χ3v) is 0.906. The molecule has 9 heavy (non-hydrogen) atoms. The van der Waals surface area contributed by atoms with E-state index in [1.165, 1.54) is 0 Å². The second kappa shape index (κ2) is 3.74. The van der Waals surface area contributed by atoms with Gasteiger partial charge >= 0.3 is 0 Å². The molecular formula is C4H8N4O. The zero-order valence-corrected chi connectivity index (χ0v) is 5.11. The van der Waals surface area contributed by atoms with Gasteiger partial charge in [0, 0.05) is 4.91 Å². The van der Waals surface area contributed by atoms with Gasteiger partial charge in [-0.1, -0.05) is 12.0 Å². The van der Waals surface area contributed by atoms with Crippen LogP contribution in [0, 0.1) is 0 Å². The Bertz CT molecular complexity index is 147. The van der Waals surface area contributed by atoms with Gasteiger partial charge in [-0.3, -0.25) is 4.79 Å². The Balaban J connectivity index is 3.98. The molecule has 0 spiro atoms. The zero-order chi connectivity index (χ0) is 7.28. The number of nitrogens with zero attached hydrogens (tertiary/aromatic N) is 3. The fraction of sp³-hybridized carbons (Fsp3) is 0.750. The van der Waals surface area contributed by atoms with Gasteiger partial charge < -0.3 is 5.73 Å². The van der Waals surface area contributed by atoms with Crippen molar-refractivity contribution < 1.29 is 4.79 Å². The number of carbonyl (C=O) groups is 1.